The minimum Gasteiger partial charge on any atom is -0.478 e. The van der Waals surface area contributed by atoms with Crippen LogP contribution in [0.1, 0.15) is 26.3 Å². The van der Waals surface area contributed by atoms with E-state index in [0.29, 0.717) is 16.8 Å². The van der Waals surface area contributed by atoms with E-state index in [-0.39, 0.29) is 11.5 Å². The van der Waals surface area contributed by atoms with Crippen LogP contribution in [-0.2, 0) is 0 Å². The van der Waals surface area contributed by atoms with Crippen molar-refractivity contribution >= 4 is 17.6 Å². The lowest BCUT2D eigenvalue weighted by atomic mass is 10.1. The Kier molecular flexibility index (Phi) is 3.56. The van der Waals surface area contributed by atoms with E-state index in [4.69, 9.17) is 5.11 Å². The maximum atomic E-state index is 12.0. The van der Waals surface area contributed by atoms with Gasteiger partial charge in [-0.2, -0.15) is 0 Å². The average molecular weight is 256 g/mol. The van der Waals surface area contributed by atoms with Crippen LogP contribution in [-0.4, -0.2) is 22.0 Å². The SMILES string of the molecule is Cc1c(NC(=O)c2ccncc2)cccc1C(=O)O. The lowest BCUT2D eigenvalue weighted by Gasteiger charge is -2.10. The molecule has 0 radical (unpaired) electrons. The summed E-state index contributed by atoms with van der Waals surface area (Å²) in [5, 5.41) is 11.7. The van der Waals surface area contributed by atoms with Crippen LogP contribution in [0.25, 0.3) is 0 Å². The van der Waals surface area contributed by atoms with E-state index in [2.05, 4.69) is 10.3 Å². The number of aromatic carboxylic acids is 1. The second kappa shape index (κ2) is 5.30. The molecule has 0 unspecified atom stereocenters. The van der Waals surface area contributed by atoms with E-state index in [1.165, 1.54) is 18.5 Å². The number of aromatic nitrogens is 1. The van der Waals surface area contributed by atoms with Gasteiger partial charge in [0.1, 0.15) is 0 Å². The zero-order valence-electron chi connectivity index (χ0n) is 10.3. The highest BCUT2D eigenvalue weighted by Gasteiger charge is 2.12. The van der Waals surface area contributed by atoms with Gasteiger partial charge in [-0.1, -0.05) is 6.07 Å². The molecule has 96 valence electrons. The van der Waals surface area contributed by atoms with Crippen molar-refractivity contribution in [3.63, 3.8) is 0 Å². The Labute approximate surface area is 109 Å². The smallest absolute Gasteiger partial charge is 0.336 e. The molecular weight excluding hydrogens is 244 g/mol. The van der Waals surface area contributed by atoms with Crippen LogP contribution in [0.3, 0.4) is 0 Å². The fourth-order valence-corrected chi connectivity index (χ4v) is 1.70. The molecule has 0 fully saturated rings. The Morgan fingerprint density at radius 2 is 1.84 bits per heavy atom. The van der Waals surface area contributed by atoms with Crippen LogP contribution in [0.15, 0.2) is 42.7 Å². The van der Waals surface area contributed by atoms with Crippen molar-refractivity contribution in [3.8, 4) is 0 Å². The third-order valence-corrected chi connectivity index (χ3v) is 2.75. The van der Waals surface area contributed by atoms with Crippen molar-refractivity contribution in [1.82, 2.24) is 4.98 Å². The summed E-state index contributed by atoms with van der Waals surface area (Å²) in [5.41, 5.74) is 1.65. The molecule has 1 aromatic carbocycles. The van der Waals surface area contributed by atoms with Crippen molar-refractivity contribution in [2.45, 2.75) is 6.92 Å². The molecule has 5 heteroatoms. The van der Waals surface area contributed by atoms with E-state index in [9.17, 15) is 9.59 Å². The molecule has 1 amide bonds. The fourth-order valence-electron chi connectivity index (χ4n) is 1.70. The lowest BCUT2D eigenvalue weighted by molar-refractivity contribution is 0.0695. The monoisotopic (exact) mass is 256 g/mol. The molecule has 2 aromatic rings. The number of carboxylic acid groups (broad SMARTS) is 1. The number of amides is 1. The van der Waals surface area contributed by atoms with Gasteiger partial charge in [0.05, 0.1) is 5.56 Å². The van der Waals surface area contributed by atoms with Crippen LogP contribution < -0.4 is 5.32 Å². The topological polar surface area (TPSA) is 79.3 Å². The maximum Gasteiger partial charge on any atom is 0.336 e. The van der Waals surface area contributed by atoms with Gasteiger partial charge in [-0.25, -0.2) is 4.79 Å². The standard InChI is InChI=1S/C14H12N2O3/c1-9-11(14(18)19)3-2-4-12(9)16-13(17)10-5-7-15-8-6-10/h2-8H,1H3,(H,16,17)(H,18,19). The summed E-state index contributed by atoms with van der Waals surface area (Å²) in [6.45, 7) is 1.66. The Morgan fingerprint density at radius 3 is 2.47 bits per heavy atom. The number of pyridine rings is 1. The highest BCUT2D eigenvalue weighted by molar-refractivity contribution is 6.05. The molecular formula is C14H12N2O3. The first kappa shape index (κ1) is 12.8. The summed E-state index contributed by atoms with van der Waals surface area (Å²) in [6, 6.07) is 7.94. The maximum absolute atomic E-state index is 12.0. The predicted octanol–water partition coefficient (Wildman–Crippen LogP) is 2.34. The van der Waals surface area contributed by atoms with E-state index >= 15 is 0 Å². The number of carbonyl (C=O) groups excluding carboxylic acids is 1. The lowest BCUT2D eigenvalue weighted by Crippen LogP contribution is -2.14. The molecule has 1 aromatic heterocycles. The Balaban J connectivity index is 2.27. The van der Waals surface area contributed by atoms with Crippen molar-refractivity contribution in [2.75, 3.05) is 5.32 Å². The zero-order valence-corrected chi connectivity index (χ0v) is 10.3. The molecule has 2 rings (SSSR count). The molecule has 0 aliphatic rings. The molecule has 0 atom stereocenters. The third kappa shape index (κ3) is 2.77. The molecule has 0 saturated carbocycles. The number of carboxylic acids is 1. The van der Waals surface area contributed by atoms with Gasteiger partial charge in [-0.15, -0.1) is 0 Å². The summed E-state index contributed by atoms with van der Waals surface area (Å²) in [4.78, 5) is 26.8. The first-order valence-corrected chi connectivity index (χ1v) is 5.64. The zero-order chi connectivity index (χ0) is 13.8. The summed E-state index contributed by atoms with van der Waals surface area (Å²) >= 11 is 0. The molecule has 19 heavy (non-hydrogen) atoms. The van der Waals surface area contributed by atoms with Crippen LogP contribution in [0, 0.1) is 6.92 Å². The van der Waals surface area contributed by atoms with Crippen LogP contribution in [0.2, 0.25) is 0 Å². The number of rotatable bonds is 3. The normalized spacial score (nSPS) is 9.95. The molecule has 0 spiro atoms. The number of anilines is 1. The summed E-state index contributed by atoms with van der Waals surface area (Å²) < 4.78 is 0. The van der Waals surface area contributed by atoms with Gasteiger partial charge >= 0.3 is 5.97 Å². The number of benzene rings is 1. The largest absolute Gasteiger partial charge is 0.478 e. The minimum atomic E-state index is -1.02. The van der Waals surface area contributed by atoms with Gasteiger partial charge in [-0.05, 0) is 36.8 Å². The number of nitrogens with one attached hydrogen (secondary N) is 1. The van der Waals surface area contributed by atoms with E-state index in [1.807, 2.05) is 0 Å². The van der Waals surface area contributed by atoms with Gasteiger partial charge in [-0.3, -0.25) is 9.78 Å². The Bertz CT molecular complexity index is 624. The van der Waals surface area contributed by atoms with E-state index in [0.717, 1.165) is 0 Å². The van der Waals surface area contributed by atoms with Crippen LogP contribution >= 0.6 is 0 Å². The molecule has 5 nitrogen and oxygen atoms in total. The fraction of sp³-hybridized carbons (Fsp3) is 0.0714. The molecule has 2 N–H and O–H groups in total. The number of hydrogen-bond donors (Lipinski definition) is 2. The van der Waals surface area contributed by atoms with Gasteiger partial charge in [0.2, 0.25) is 0 Å². The molecule has 0 aliphatic carbocycles. The van der Waals surface area contributed by atoms with Crippen molar-refractivity contribution in [2.24, 2.45) is 0 Å². The number of carbonyl (C=O) groups is 2. The quantitative estimate of drug-likeness (QED) is 0.883. The number of hydrogen-bond acceptors (Lipinski definition) is 3. The summed E-state index contributed by atoms with van der Waals surface area (Å²) in [5.74, 6) is -1.31. The first-order valence-electron chi connectivity index (χ1n) is 5.64. The second-order valence-electron chi connectivity index (χ2n) is 3.97. The Morgan fingerprint density at radius 1 is 1.16 bits per heavy atom. The average Bonchev–Trinajstić information content (AvgIpc) is 2.41. The van der Waals surface area contributed by atoms with Gasteiger partial charge in [0.15, 0.2) is 0 Å². The molecule has 0 aliphatic heterocycles. The summed E-state index contributed by atoms with van der Waals surface area (Å²) in [7, 11) is 0. The van der Waals surface area contributed by atoms with Crippen LogP contribution in [0.5, 0.6) is 0 Å². The van der Waals surface area contributed by atoms with Gasteiger partial charge in [0, 0.05) is 23.6 Å². The molecule has 1 heterocycles. The van der Waals surface area contributed by atoms with Gasteiger partial charge in [0.25, 0.3) is 5.91 Å². The third-order valence-electron chi connectivity index (χ3n) is 2.75. The Hall–Kier alpha value is -2.69. The molecule has 0 bridgehead atoms. The van der Waals surface area contributed by atoms with Crippen LogP contribution in [0.4, 0.5) is 5.69 Å². The van der Waals surface area contributed by atoms with Crippen molar-refractivity contribution in [1.29, 1.82) is 0 Å². The van der Waals surface area contributed by atoms with Crippen molar-refractivity contribution in [3.05, 3.63) is 59.4 Å². The van der Waals surface area contributed by atoms with E-state index in [1.54, 1.807) is 31.2 Å². The second-order valence-corrected chi connectivity index (χ2v) is 3.97. The highest BCUT2D eigenvalue weighted by atomic mass is 16.4. The van der Waals surface area contributed by atoms with E-state index < -0.39 is 5.97 Å². The number of nitrogens with zero attached hydrogens (tertiary/aromatic N) is 1. The highest BCUT2D eigenvalue weighted by Crippen LogP contribution is 2.19. The molecule has 0 saturated heterocycles. The summed E-state index contributed by atoms with van der Waals surface area (Å²) in [6.07, 6.45) is 3.05. The minimum absolute atomic E-state index is 0.174. The van der Waals surface area contributed by atoms with Crippen molar-refractivity contribution < 1.29 is 14.7 Å². The predicted molar refractivity (Wildman–Crippen MR) is 70.3 cm³/mol. The van der Waals surface area contributed by atoms with Gasteiger partial charge < -0.3 is 10.4 Å². The first-order chi connectivity index (χ1) is 9.09.